The van der Waals surface area contributed by atoms with Crippen molar-refractivity contribution in [3.8, 4) is 0 Å². The summed E-state index contributed by atoms with van der Waals surface area (Å²) in [5, 5.41) is 6.27. The Morgan fingerprint density at radius 3 is 2.35 bits per heavy atom. The second kappa shape index (κ2) is 7.99. The molecule has 2 amide bonds. The van der Waals surface area contributed by atoms with E-state index >= 15 is 0 Å². The normalized spacial score (nSPS) is 30.0. The number of hydrogen-bond donors (Lipinski definition) is 2. The van der Waals surface area contributed by atoms with Gasteiger partial charge in [0.25, 0.3) is 0 Å². The van der Waals surface area contributed by atoms with Crippen molar-refractivity contribution in [2.45, 2.75) is 95.3 Å². The lowest BCUT2D eigenvalue weighted by Gasteiger charge is -2.53. The number of rotatable bonds is 3. The minimum absolute atomic E-state index is 0.0511. The van der Waals surface area contributed by atoms with Crippen molar-refractivity contribution in [1.82, 2.24) is 10.2 Å². The lowest BCUT2D eigenvalue weighted by atomic mass is 9.78. The van der Waals surface area contributed by atoms with E-state index in [1.54, 1.807) is 0 Å². The van der Waals surface area contributed by atoms with E-state index in [1.165, 1.54) is 51.4 Å². The molecule has 2 aliphatic heterocycles. The highest BCUT2D eigenvalue weighted by atomic mass is 16.2. The molecule has 0 aromatic heterocycles. The van der Waals surface area contributed by atoms with Crippen LogP contribution in [0.3, 0.4) is 0 Å². The van der Waals surface area contributed by atoms with E-state index in [2.05, 4.69) is 15.5 Å². The van der Waals surface area contributed by atoms with Crippen molar-refractivity contribution in [1.29, 1.82) is 0 Å². The quantitative estimate of drug-likeness (QED) is 0.815. The van der Waals surface area contributed by atoms with Gasteiger partial charge in [-0.2, -0.15) is 0 Å². The molecule has 2 heterocycles. The van der Waals surface area contributed by atoms with Crippen LogP contribution in [0, 0.1) is 6.92 Å². The van der Waals surface area contributed by atoms with Crippen LogP contribution in [0.25, 0.3) is 0 Å². The summed E-state index contributed by atoms with van der Waals surface area (Å²) in [6, 6.07) is 10.4. The third-order valence-electron chi connectivity index (χ3n) is 6.64. The van der Waals surface area contributed by atoms with E-state index < -0.39 is 0 Å². The lowest BCUT2D eigenvalue weighted by Crippen LogP contribution is -2.60. The van der Waals surface area contributed by atoms with Crippen molar-refractivity contribution in [2.24, 2.45) is 0 Å². The fourth-order valence-electron chi connectivity index (χ4n) is 5.59. The molecule has 2 N–H and O–H groups in total. The summed E-state index contributed by atoms with van der Waals surface area (Å²) >= 11 is 0. The molecule has 4 heteroatoms. The van der Waals surface area contributed by atoms with Crippen LogP contribution in [0.1, 0.15) is 69.8 Å². The third-order valence-corrected chi connectivity index (χ3v) is 6.64. The molecule has 0 spiro atoms. The largest absolute Gasteiger partial charge is 0.335 e. The third kappa shape index (κ3) is 4.06. The molecule has 4 nitrogen and oxygen atoms in total. The summed E-state index contributed by atoms with van der Waals surface area (Å²) < 4.78 is 0. The number of anilines is 1. The van der Waals surface area contributed by atoms with Gasteiger partial charge in [-0.1, -0.05) is 37.8 Å². The van der Waals surface area contributed by atoms with Crippen LogP contribution in [0.15, 0.2) is 24.3 Å². The van der Waals surface area contributed by atoms with E-state index in [0.29, 0.717) is 18.1 Å². The van der Waals surface area contributed by atoms with Crippen molar-refractivity contribution < 1.29 is 4.79 Å². The number of urea groups is 1. The predicted octanol–water partition coefficient (Wildman–Crippen LogP) is 4.83. The van der Waals surface area contributed by atoms with Gasteiger partial charge in [0.1, 0.15) is 0 Å². The van der Waals surface area contributed by atoms with Crippen molar-refractivity contribution in [3.05, 3.63) is 29.8 Å². The second-order valence-corrected chi connectivity index (χ2v) is 8.61. The Kier molecular flexibility index (Phi) is 5.49. The monoisotopic (exact) mass is 355 g/mol. The minimum atomic E-state index is -0.0511. The molecule has 26 heavy (non-hydrogen) atoms. The van der Waals surface area contributed by atoms with Crippen LogP contribution in [0.4, 0.5) is 10.5 Å². The van der Waals surface area contributed by atoms with Crippen LogP contribution in [0.2, 0.25) is 0 Å². The van der Waals surface area contributed by atoms with Crippen molar-refractivity contribution >= 4 is 11.7 Å². The summed E-state index contributed by atoms with van der Waals surface area (Å²) in [5.74, 6) is 0. The van der Waals surface area contributed by atoms with Gasteiger partial charge in [-0.05, 0) is 63.1 Å². The van der Waals surface area contributed by atoms with E-state index in [1.807, 2.05) is 31.2 Å². The number of carbonyl (C=O) groups is 1. The maximum absolute atomic E-state index is 12.5. The maximum Gasteiger partial charge on any atom is 0.319 e. The van der Waals surface area contributed by atoms with E-state index in [-0.39, 0.29) is 6.03 Å². The minimum Gasteiger partial charge on any atom is -0.335 e. The van der Waals surface area contributed by atoms with E-state index in [4.69, 9.17) is 0 Å². The Bertz CT molecular complexity index is 612. The Morgan fingerprint density at radius 1 is 0.962 bits per heavy atom. The number of aryl methyl sites for hydroxylation is 1. The Balaban J connectivity index is 1.35. The summed E-state index contributed by atoms with van der Waals surface area (Å²) in [7, 11) is 0. The number of benzene rings is 1. The number of piperidine rings is 2. The molecule has 2 atom stereocenters. The lowest BCUT2D eigenvalue weighted by molar-refractivity contribution is -0.0202. The van der Waals surface area contributed by atoms with Gasteiger partial charge in [-0.15, -0.1) is 0 Å². The summed E-state index contributed by atoms with van der Waals surface area (Å²) in [6.07, 6.45) is 13.2. The first-order valence-electron chi connectivity index (χ1n) is 10.6. The van der Waals surface area contributed by atoms with Gasteiger partial charge in [0.15, 0.2) is 0 Å². The molecule has 2 bridgehead atoms. The highest BCUT2D eigenvalue weighted by Gasteiger charge is 2.41. The number of nitrogens with zero attached hydrogens (tertiary/aromatic N) is 1. The number of carbonyl (C=O) groups excluding carboxylic acids is 1. The van der Waals surface area contributed by atoms with Crippen LogP contribution in [0.5, 0.6) is 0 Å². The van der Waals surface area contributed by atoms with Crippen molar-refractivity contribution in [3.63, 3.8) is 0 Å². The Morgan fingerprint density at radius 2 is 1.65 bits per heavy atom. The van der Waals surface area contributed by atoms with Gasteiger partial charge >= 0.3 is 6.03 Å². The number of nitrogens with one attached hydrogen (secondary N) is 2. The SMILES string of the molecule is Cc1cccc(NC(=O)NC2C[C@H]3CCC[C@H](C2)N3C2CCCCC2)c1. The first-order valence-corrected chi connectivity index (χ1v) is 10.6. The highest BCUT2D eigenvalue weighted by molar-refractivity contribution is 5.89. The average Bonchev–Trinajstić information content (AvgIpc) is 2.61. The van der Waals surface area contributed by atoms with Crippen LogP contribution < -0.4 is 10.6 Å². The molecule has 4 rings (SSSR count). The van der Waals surface area contributed by atoms with Gasteiger partial charge in [0.2, 0.25) is 0 Å². The molecule has 142 valence electrons. The summed E-state index contributed by atoms with van der Waals surface area (Å²) in [6.45, 7) is 2.05. The molecular formula is C22H33N3O. The summed E-state index contributed by atoms with van der Waals surface area (Å²) in [4.78, 5) is 15.3. The molecule has 1 aromatic rings. The first kappa shape index (κ1) is 17.8. The Hall–Kier alpha value is -1.55. The smallest absolute Gasteiger partial charge is 0.319 e. The van der Waals surface area contributed by atoms with Gasteiger partial charge in [-0.25, -0.2) is 4.79 Å². The van der Waals surface area contributed by atoms with Gasteiger partial charge < -0.3 is 10.6 Å². The highest BCUT2D eigenvalue weighted by Crippen LogP contribution is 2.39. The zero-order valence-corrected chi connectivity index (χ0v) is 16.0. The molecule has 0 radical (unpaired) electrons. The fourth-order valence-corrected chi connectivity index (χ4v) is 5.59. The van der Waals surface area contributed by atoms with Crippen LogP contribution in [-0.4, -0.2) is 35.1 Å². The van der Waals surface area contributed by atoms with Crippen molar-refractivity contribution in [2.75, 3.05) is 5.32 Å². The molecule has 1 aromatic carbocycles. The molecule has 3 aliphatic rings. The first-order chi connectivity index (χ1) is 12.7. The molecule has 1 aliphatic carbocycles. The number of hydrogen-bond acceptors (Lipinski definition) is 2. The molecule has 3 fully saturated rings. The molecule has 1 saturated carbocycles. The molecule has 0 unspecified atom stereocenters. The maximum atomic E-state index is 12.5. The van der Waals surface area contributed by atoms with E-state index in [9.17, 15) is 4.79 Å². The predicted molar refractivity (Wildman–Crippen MR) is 106 cm³/mol. The topological polar surface area (TPSA) is 44.4 Å². The zero-order valence-electron chi connectivity index (χ0n) is 16.0. The number of amides is 2. The van der Waals surface area contributed by atoms with Gasteiger partial charge in [0, 0.05) is 29.9 Å². The fraction of sp³-hybridized carbons (Fsp3) is 0.682. The molecule has 2 saturated heterocycles. The standard InChI is InChI=1S/C22H33N3O/c1-16-7-5-8-17(13-16)23-22(26)24-18-14-20-11-6-12-21(15-18)25(20)19-9-3-2-4-10-19/h5,7-8,13,18-21H,2-4,6,9-12,14-15H2,1H3,(H2,23,24,26)/t20-,21-/m1/s1. The van der Waals surface area contributed by atoms with Crippen LogP contribution in [-0.2, 0) is 0 Å². The Labute approximate surface area is 157 Å². The number of fused-ring (bicyclic) bond motifs is 2. The molecular weight excluding hydrogens is 322 g/mol. The van der Waals surface area contributed by atoms with Crippen LogP contribution >= 0.6 is 0 Å². The average molecular weight is 356 g/mol. The zero-order chi connectivity index (χ0) is 17.9. The second-order valence-electron chi connectivity index (χ2n) is 8.61. The van der Waals surface area contributed by atoms with Gasteiger partial charge in [0.05, 0.1) is 0 Å². The van der Waals surface area contributed by atoms with E-state index in [0.717, 1.165) is 30.1 Å². The summed E-state index contributed by atoms with van der Waals surface area (Å²) in [5.41, 5.74) is 2.04. The van der Waals surface area contributed by atoms with Gasteiger partial charge in [-0.3, -0.25) is 4.90 Å².